The van der Waals surface area contributed by atoms with Crippen molar-refractivity contribution in [1.82, 2.24) is 14.5 Å². The summed E-state index contributed by atoms with van der Waals surface area (Å²) >= 11 is 0. The molecule has 0 fully saturated rings. The van der Waals surface area contributed by atoms with Gasteiger partial charge in [0.1, 0.15) is 25.0 Å². The predicted octanol–water partition coefficient (Wildman–Crippen LogP) is 1.35. The van der Waals surface area contributed by atoms with Crippen LogP contribution in [0, 0.1) is 17.0 Å². The minimum Gasteiger partial charge on any atom is -0.457 e. The van der Waals surface area contributed by atoms with Crippen molar-refractivity contribution in [3.05, 3.63) is 52.2 Å². The number of ether oxygens (including phenoxy) is 1. The Kier molecular flexibility index (Phi) is 4.04. The number of aryl methyl sites for hydroxylation is 1. The first-order chi connectivity index (χ1) is 9.59. The Hall–Kier alpha value is -2.77. The average Bonchev–Trinajstić information content (AvgIpc) is 2.81. The van der Waals surface area contributed by atoms with Crippen LogP contribution in [0.15, 0.2) is 30.6 Å². The smallest absolute Gasteiger partial charge is 0.357 e. The molecule has 8 heteroatoms. The van der Waals surface area contributed by atoms with Crippen molar-refractivity contribution in [3.63, 3.8) is 0 Å². The van der Waals surface area contributed by atoms with E-state index in [1.165, 1.54) is 23.0 Å². The van der Waals surface area contributed by atoms with E-state index in [4.69, 9.17) is 4.74 Å². The minimum atomic E-state index is -0.564. The second-order valence-corrected chi connectivity index (χ2v) is 3.92. The Morgan fingerprint density at radius 3 is 2.90 bits per heavy atom. The van der Waals surface area contributed by atoms with E-state index in [2.05, 4.69) is 9.97 Å². The molecule has 104 valence electrons. The number of aromatic nitrogens is 3. The molecule has 0 unspecified atom stereocenters. The molecule has 0 radical (unpaired) electrons. The third-order valence-corrected chi connectivity index (χ3v) is 2.64. The van der Waals surface area contributed by atoms with Crippen molar-refractivity contribution in [3.8, 4) is 0 Å². The Balaban J connectivity index is 1.95. The van der Waals surface area contributed by atoms with Crippen LogP contribution in [0.25, 0.3) is 0 Å². The van der Waals surface area contributed by atoms with Gasteiger partial charge in [0, 0.05) is 13.1 Å². The highest BCUT2D eigenvalue weighted by molar-refractivity contribution is 5.87. The number of hydrogen-bond donors (Lipinski definition) is 0. The Labute approximate surface area is 114 Å². The minimum absolute atomic E-state index is 0.00739. The third-order valence-electron chi connectivity index (χ3n) is 2.64. The number of imidazole rings is 1. The van der Waals surface area contributed by atoms with E-state index < -0.39 is 10.9 Å². The van der Waals surface area contributed by atoms with E-state index in [0.717, 1.165) is 0 Å². The fourth-order valence-corrected chi connectivity index (χ4v) is 1.67. The number of pyridine rings is 1. The van der Waals surface area contributed by atoms with Crippen LogP contribution in [0.1, 0.15) is 16.3 Å². The number of carbonyl (C=O) groups excluding carboxylic acids is 1. The van der Waals surface area contributed by atoms with Crippen molar-refractivity contribution < 1.29 is 14.5 Å². The standard InChI is InChI=1S/C12H12N4O4/c1-9-14-8-11(16(18)19)15(9)6-7-20-12(17)10-4-2-3-5-13-10/h2-5,8H,6-7H2,1H3. The van der Waals surface area contributed by atoms with Crippen LogP contribution >= 0.6 is 0 Å². The molecular weight excluding hydrogens is 264 g/mol. The fraction of sp³-hybridized carbons (Fsp3) is 0.250. The Bertz CT molecular complexity index is 624. The summed E-state index contributed by atoms with van der Waals surface area (Å²) in [5, 5.41) is 10.8. The van der Waals surface area contributed by atoms with Gasteiger partial charge in [-0.15, -0.1) is 0 Å². The van der Waals surface area contributed by atoms with E-state index in [1.807, 2.05) is 0 Å². The van der Waals surface area contributed by atoms with Crippen LogP contribution in [0.3, 0.4) is 0 Å². The van der Waals surface area contributed by atoms with Gasteiger partial charge in [-0.2, -0.15) is 0 Å². The highest BCUT2D eigenvalue weighted by Gasteiger charge is 2.17. The molecule has 0 saturated heterocycles. The summed E-state index contributed by atoms with van der Waals surface area (Å²) in [7, 11) is 0. The second-order valence-electron chi connectivity index (χ2n) is 3.92. The monoisotopic (exact) mass is 276 g/mol. The first-order valence-corrected chi connectivity index (χ1v) is 5.84. The maximum absolute atomic E-state index is 11.6. The Morgan fingerprint density at radius 1 is 1.45 bits per heavy atom. The molecule has 0 atom stereocenters. The van der Waals surface area contributed by atoms with Gasteiger partial charge < -0.3 is 14.9 Å². The van der Waals surface area contributed by atoms with Crippen LogP contribution in [0.5, 0.6) is 0 Å². The number of rotatable bonds is 5. The summed E-state index contributed by atoms with van der Waals surface area (Å²) in [5.41, 5.74) is 0.198. The van der Waals surface area contributed by atoms with E-state index in [-0.39, 0.29) is 24.7 Å². The summed E-state index contributed by atoms with van der Waals surface area (Å²) in [6.07, 6.45) is 2.66. The first-order valence-electron chi connectivity index (χ1n) is 5.84. The number of nitro groups is 1. The molecule has 0 aliphatic carbocycles. The molecule has 0 aliphatic heterocycles. The molecule has 0 amide bonds. The van der Waals surface area contributed by atoms with Gasteiger partial charge in [-0.1, -0.05) is 6.07 Å². The van der Waals surface area contributed by atoms with Crippen molar-refractivity contribution in [2.75, 3.05) is 6.61 Å². The Morgan fingerprint density at radius 2 is 2.25 bits per heavy atom. The molecule has 0 N–H and O–H groups in total. The normalized spacial score (nSPS) is 10.2. The van der Waals surface area contributed by atoms with E-state index >= 15 is 0 Å². The van der Waals surface area contributed by atoms with Gasteiger partial charge in [0.05, 0.1) is 0 Å². The van der Waals surface area contributed by atoms with E-state index in [0.29, 0.717) is 5.82 Å². The summed E-state index contributed by atoms with van der Waals surface area (Å²) in [6.45, 7) is 1.82. The largest absolute Gasteiger partial charge is 0.457 e. The highest BCUT2D eigenvalue weighted by atomic mass is 16.6. The number of hydrogen-bond acceptors (Lipinski definition) is 6. The van der Waals surface area contributed by atoms with Gasteiger partial charge in [0.2, 0.25) is 0 Å². The summed E-state index contributed by atoms with van der Waals surface area (Å²) in [5.74, 6) is -0.201. The molecular formula is C12H12N4O4. The maximum atomic E-state index is 11.6. The molecule has 2 heterocycles. The summed E-state index contributed by atoms with van der Waals surface area (Å²) < 4.78 is 6.40. The highest BCUT2D eigenvalue weighted by Crippen LogP contribution is 2.13. The zero-order chi connectivity index (χ0) is 14.5. The van der Waals surface area contributed by atoms with Crippen LogP contribution < -0.4 is 0 Å². The van der Waals surface area contributed by atoms with Gasteiger partial charge in [0.15, 0.2) is 5.82 Å². The quantitative estimate of drug-likeness (QED) is 0.464. The third kappa shape index (κ3) is 2.97. The first kappa shape index (κ1) is 13.7. The number of carbonyl (C=O) groups is 1. The number of nitrogens with zero attached hydrogens (tertiary/aromatic N) is 4. The van der Waals surface area contributed by atoms with E-state index in [1.54, 1.807) is 19.1 Å². The van der Waals surface area contributed by atoms with Gasteiger partial charge in [-0.05, 0) is 17.1 Å². The van der Waals surface area contributed by atoms with Crippen LogP contribution in [0.2, 0.25) is 0 Å². The second kappa shape index (κ2) is 5.91. The molecule has 2 aromatic rings. The zero-order valence-electron chi connectivity index (χ0n) is 10.7. The summed E-state index contributed by atoms with van der Waals surface area (Å²) in [6, 6.07) is 4.90. The molecule has 8 nitrogen and oxygen atoms in total. The number of esters is 1. The molecule has 0 spiro atoms. The molecule has 0 bridgehead atoms. The van der Waals surface area contributed by atoms with Gasteiger partial charge in [0.25, 0.3) is 0 Å². The van der Waals surface area contributed by atoms with Crippen molar-refractivity contribution in [2.24, 2.45) is 0 Å². The molecule has 20 heavy (non-hydrogen) atoms. The maximum Gasteiger partial charge on any atom is 0.357 e. The topological polar surface area (TPSA) is 100 Å². The lowest BCUT2D eigenvalue weighted by molar-refractivity contribution is -0.392. The van der Waals surface area contributed by atoms with Gasteiger partial charge in [-0.3, -0.25) is 0 Å². The van der Waals surface area contributed by atoms with E-state index in [9.17, 15) is 14.9 Å². The van der Waals surface area contributed by atoms with Crippen LogP contribution in [0.4, 0.5) is 5.82 Å². The molecule has 0 saturated carbocycles. The lowest BCUT2D eigenvalue weighted by atomic mass is 10.3. The van der Waals surface area contributed by atoms with Crippen LogP contribution in [-0.4, -0.2) is 32.0 Å². The van der Waals surface area contributed by atoms with Crippen molar-refractivity contribution in [1.29, 1.82) is 0 Å². The van der Waals surface area contributed by atoms with Crippen LogP contribution in [-0.2, 0) is 11.3 Å². The SMILES string of the molecule is Cc1ncc([N+](=O)[O-])n1CCOC(=O)c1ccccn1. The lowest BCUT2D eigenvalue weighted by Gasteiger charge is -2.04. The molecule has 2 aromatic heterocycles. The van der Waals surface area contributed by atoms with Gasteiger partial charge >= 0.3 is 11.8 Å². The van der Waals surface area contributed by atoms with Crippen molar-refractivity contribution >= 4 is 11.8 Å². The molecule has 2 rings (SSSR count). The average molecular weight is 276 g/mol. The predicted molar refractivity (Wildman–Crippen MR) is 68.1 cm³/mol. The zero-order valence-corrected chi connectivity index (χ0v) is 10.7. The van der Waals surface area contributed by atoms with Gasteiger partial charge in [-0.25, -0.2) is 19.3 Å². The molecule has 0 aliphatic rings. The lowest BCUT2D eigenvalue weighted by Crippen LogP contribution is -2.14. The fourth-order valence-electron chi connectivity index (χ4n) is 1.67. The molecule has 0 aromatic carbocycles. The summed E-state index contributed by atoms with van der Waals surface area (Å²) in [4.78, 5) is 29.6. The van der Waals surface area contributed by atoms with Crippen molar-refractivity contribution in [2.45, 2.75) is 13.5 Å².